The number of Topliss-reactive ketones (excluding diaryl/α,β-unsaturated/α-hetero) is 1. The number of thiophene rings is 1. The molecule has 148 valence electrons. The van der Waals surface area contributed by atoms with Crippen molar-refractivity contribution in [1.82, 2.24) is 10.2 Å². The number of hydrogen-bond donors (Lipinski definition) is 1. The lowest BCUT2D eigenvalue weighted by Gasteiger charge is -2.11. The Balaban J connectivity index is 1.51. The number of ketones is 1. The molecule has 3 heterocycles. The third-order valence-electron chi connectivity index (χ3n) is 4.88. The second-order valence-corrected chi connectivity index (χ2v) is 8.30. The van der Waals surface area contributed by atoms with E-state index in [2.05, 4.69) is 15.5 Å². The molecule has 0 aliphatic carbocycles. The van der Waals surface area contributed by atoms with Crippen molar-refractivity contribution in [2.75, 3.05) is 5.32 Å². The summed E-state index contributed by atoms with van der Waals surface area (Å²) >= 11 is 1.57. The summed E-state index contributed by atoms with van der Waals surface area (Å²) in [6.07, 6.45) is -0.537. The molecule has 2 aromatic heterocycles. The maximum Gasteiger partial charge on any atom is 0.317 e. The number of hydrogen-bond acceptors (Lipinski definition) is 7. The van der Waals surface area contributed by atoms with Gasteiger partial charge in [-0.05, 0) is 24.6 Å². The maximum absolute atomic E-state index is 13.0. The van der Waals surface area contributed by atoms with Crippen molar-refractivity contribution >= 4 is 28.8 Å². The molecule has 0 amide bonds. The highest BCUT2D eigenvalue weighted by atomic mass is 32.1. The van der Waals surface area contributed by atoms with Crippen molar-refractivity contribution in [2.45, 2.75) is 19.5 Å². The standard InChI is InChI=1S/C23H18N4O2S/c1-14-11-12-19(30-14)22-26-27-23(29-22)25-21-18(28)13-16-9-5-6-10-17(16)20(24-21)15-7-3-2-4-8-15/h2-12,21H,13H2,1H3,(H,25,27)/t21-/m1/s1. The van der Waals surface area contributed by atoms with Crippen LogP contribution in [0.5, 0.6) is 0 Å². The zero-order valence-electron chi connectivity index (χ0n) is 16.2. The molecular formula is C23H18N4O2S. The Morgan fingerprint density at radius 3 is 2.60 bits per heavy atom. The van der Waals surface area contributed by atoms with Gasteiger partial charge < -0.3 is 9.73 Å². The summed E-state index contributed by atoms with van der Waals surface area (Å²) in [4.78, 5) is 19.8. The van der Waals surface area contributed by atoms with Crippen LogP contribution in [0.1, 0.15) is 21.6 Å². The summed E-state index contributed by atoms with van der Waals surface area (Å²) < 4.78 is 5.75. The predicted molar refractivity (Wildman–Crippen MR) is 117 cm³/mol. The van der Waals surface area contributed by atoms with Gasteiger partial charge in [0.2, 0.25) is 0 Å². The second-order valence-electron chi connectivity index (χ2n) is 7.01. The molecule has 0 fully saturated rings. The molecule has 4 aromatic rings. The van der Waals surface area contributed by atoms with Crippen LogP contribution in [-0.2, 0) is 11.2 Å². The van der Waals surface area contributed by atoms with E-state index in [4.69, 9.17) is 9.41 Å². The number of nitrogens with zero attached hydrogens (tertiary/aromatic N) is 3. The number of carbonyl (C=O) groups is 1. The fourth-order valence-corrected chi connectivity index (χ4v) is 4.24. The highest BCUT2D eigenvalue weighted by molar-refractivity contribution is 7.15. The van der Waals surface area contributed by atoms with Gasteiger partial charge in [-0.25, -0.2) is 0 Å². The first-order valence-electron chi connectivity index (χ1n) is 9.58. The van der Waals surface area contributed by atoms with Crippen LogP contribution < -0.4 is 5.32 Å². The monoisotopic (exact) mass is 414 g/mol. The Hall–Kier alpha value is -3.58. The van der Waals surface area contributed by atoms with Gasteiger partial charge in [0.05, 0.1) is 10.6 Å². The largest absolute Gasteiger partial charge is 0.402 e. The van der Waals surface area contributed by atoms with Crippen molar-refractivity contribution in [1.29, 1.82) is 0 Å². The van der Waals surface area contributed by atoms with Crippen molar-refractivity contribution in [2.24, 2.45) is 4.99 Å². The van der Waals surface area contributed by atoms with E-state index < -0.39 is 6.17 Å². The zero-order valence-corrected chi connectivity index (χ0v) is 17.0. The smallest absolute Gasteiger partial charge is 0.317 e. The number of fused-ring (bicyclic) bond motifs is 1. The normalized spacial score (nSPS) is 16.0. The predicted octanol–water partition coefficient (Wildman–Crippen LogP) is 4.51. The third-order valence-corrected chi connectivity index (χ3v) is 5.87. The Kier molecular flexibility index (Phi) is 4.72. The number of benzene rings is 2. The molecule has 0 saturated heterocycles. The van der Waals surface area contributed by atoms with Crippen LogP contribution in [0.3, 0.4) is 0 Å². The first kappa shape index (κ1) is 18.4. The molecule has 2 aromatic carbocycles. The summed E-state index contributed by atoms with van der Waals surface area (Å²) in [6.45, 7) is 2.02. The topological polar surface area (TPSA) is 80.4 Å². The van der Waals surface area contributed by atoms with Gasteiger partial charge in [0.25, 0.3) is 5.89 Å². The molecule has 6 nitrogen and oxygen atoms in total. The summed E-state index contributed by atoms with van der Waals surface area (Å²) in [5.41, 5.74) is 3.63. The first-order valence-corrected chi connectivity index (χ1v) is 10.4. The Morgan fingerprint density at radius 2 is 1.80 bits per heavy atom. The van der Waals surface area contributed by atoms with E-state index in [1.54, 1.807) is 11.3 Å². The van der Waals surface area contributed by atoms with Crippen LogP contribution in [-0.4, -0.2) is 27.9 Å². The number of nitrogens with one attached hydrogen (secondary N) is 1. The van der Waals surface area contributed by atoms with Crippen LogP contribution in [0, 0.1) is 6.92 Å². The fourth-order valence-electron chi connectivity index (χ4n) is 3.45. The lowest BCUT2D eigenvalue weighted by molar-refractivity contribution is -0.119. The van der Waals surface area contributed by atoms with Gasteiger partial charge in [0.15, 0.2) is 11.9 Å². The van der Waals surface area contributed by atoms with Gasteiger partial charge in [-0.2, -0.15) is 0 Å². The van der Waals surface area contributed by atoms with Crippen molar-refractivity contribution in [3.05, 3.63) is 88.3 Å². The molecule has 1 N–H and O–H groups in total. The number of carbonyl (C=O) groups excluding carboxylic acids is 1. The molecule has 0 spiro atoms. The van der Waals surface area contributed by atoms with Crippen LogP contribution in [0.4, 0.5) is 6.01 Å². The van der Waals surface area contributed by atoms with E-state index in [1.165, 1.54) is 0 Å². The molecule has 0 bridgehead atoms. The van der Waals surface area contributed by atoms with E-state index in [1.807, 2.05) is 73.7 Å². The maximum atomic E-state index is 13.0. The van der Waals surface area contributed by atoms with E-state index >= 15 is 0 Å². The highest BCUT2D eigenvalue weighted by Gasteiger charge is 2.27. The Labute approximate surface area is 177 Å². The molecule has 1 aliphatic heterocycles. The molecular weight excluding hydrogens is 396 g/mol. The van der Waals surface area contributed by atoms with Crippen LogP contribution in [0.2, 0.25) is 0 Å². The third kappa shape index (κ3) is 3.55. The minimum absolute atomic E-state index is 0.0555. The molecule has 1 atom stereocenters. The van der Waals surface area contributed by atoms with Crippen LogP contribution in [0.15, 0.2) is 76.1 Å². The number of rotatable bonds is 4. The second kappa shape index (κ2) is 7.68. The molecule has 5 rings (SSSR count). The van der Waals surface area contributed by atoms with E-state index in [9.17, 15) is 4.79 Å². The first-order chi connectivity index (χ1) is 14.7. The van der Waals surface area contributed by atoms with Gasteiger partial charge in [0.1, 0.15) is 0 Å². The Morgan fingerprint density at radius 1 is 1.00 bits per heavy atom. The van der Waals surface area contributed by atoms with Crippen molar-refractivity contribution < 1.29 is 9.21 Å². The number of aliphatic imine (C=N–C) groups is 1. The van der Waals surface area contributed by atoms with E-state index in [0.717, 1.165) is 32.2 Å². The molecule has 7 heteroatoms. The van der Waals surface area contributed by atoms with E-state index in [0.29, 0.717) is 5.89 Å². The van der Waals surface area contributed by atoms with Crippen molar-refractivity contribution in [3.63, 3.8) is 0 Å². The number of anilines is 1. The Bertz CT molecular complexity index is 1240. The average molecular weight is 414 g/mol. The van der Waals surface area contributed by atoms with E-state index in [-0.39, 0.29) is 18.2 Å². The quantitative estimate of drug-likeness (QED) is 0.532. The lowest BCUT2D eigenvalue weighted by Crippen LogP contribution is -2.29. The fraction of sp³-hybridized carbons (Fsp3) is 0.130. The van der Waals surface area contributed by atoms with Gasteiger partial charge in [0, 0.05) is 22.4 Å². The zero-order chi connectivity index (χ0) is 20.5. The number of aromatic nitrogens is 2. The summed E-state index contributed by atoms with van der Waals surface area (Å²) in [7, 11) is 0. The van der Waals surface area contributed by atoms with Gasteiger partial charge in [-0.3, -0.25) is 9.79 Å². The van der Waals surface area contributed by atoms with Gasteiger partial charge in [-0.1, -0.05) is 59.7 Å². The van der Waals surface area contributed by atoms with Crippen molar-refractivity contribution in [3.8, 4) is 10.8 Å². The minimum Gasteiger partial charge on any atom is -0.402 e. The molecule has 0 saturated carbocycles. The molecule has 0 radical (unpaired) electrons. The summed E-state index contributed by atoms with van der Waals surface area (Å²) in [6, 6.07) is 21.9. The summed E-state index contributed by atoms with van der Waals surface area (Å²) in [5, 5.41) is 11.2. The van der Waals surface area contributed by atoms with Crippen LogP contribution >= 0.6 is 11.3 Å². The molecule has 1 aliphatic rings. The van der Waals surface area contributed by atoms with Gasteiger partial charge in [-0.15, -0.1) is 16.4 Å². The lowest BCUT2D eigenvalue weighted by atomic mass is 9.96. The SMILES string of the molecule is Cc1ccc(-c2nnc(N[C@H]3N=C(c4ccccc4)c4ccccc4CC3=O)o2)s1. The van der Waals surface area contributed by atoms with Crippen LogP contribution in [0.25, 0.3) is 10.8 Å². The minimum atomic E-state index is -0.814. The molecule has 30 heavy (non-hydrogen) atoms. The average Bonchev–Trinajstić information content (AvgIpc) is 3.38. The van der Waals surface area contributed by atoms with Gasteiger partial charge >= 0.3 is 6.01 Å². The summed E-state index contributed by atoms with van der Waals surface area (Å²) in [5.74, 6) is 0.368. The number of aryl methyl sites for hydroxylation is 1. The highest BCUT2D eigenvalue weighted by Crippen LogP contribution is 2.28. The molecule has 0 unspecified atom stereocenters.